The molecule has 2 aliphatic rings. The van der Waals surface area contributed by atoms with Crippen LogP contribution >= 0.6 is 11.3 Å². The summed E-state index contributed by atoms with van der Waals surface area (Å²) in [5.74, 6) is 1.28. The number of nitrogens with zero attached hydrogens (tertiary/aromatic N) is 1. The van der Waals surface area contributed by atoms with Gasteiger partial charge < -0.3 is 15.4 Å². The summed E-state index contributed by atoms with van der Waals surface area (Å²) >= 11 is 1.50. The van der Waals surface area contributed by atoms with Gasteiger partial charge in [0.15, 0.2) is 0 Å². The summed E-state index contributed by atoms with van der Waals surface area (Å²) in [6, 6.07) is 14.3. The van der Waals surface area contributed by atoms with Crippen LogP contribution in [0.25, 0.3) is 10.6 Å². The average Bonchev–Trinajstić information content (AvgIpc) is 3.44. The first kappa shape index (κ1) is 18.3. The van der Waals surface area contributed by atoms with Crippen molar-refractivity contribution < 1.29 is 9.53 Å². The molecule has 0 aliphatic carbocycles. The lowest BCUT2D eigenvalue weighted by Crippen LogP contribution is -2.27. The van der Waals surface area contributed by atoms with Crippen molar-refractivity contribution in [2.45, 2.75) is 25.2 Å². The second-order valence-corrected chi connectivity index (χ2v) is 8.38. The standard InChI is InChI=1S/C23H23N3O2S/c27-22(25-19-4-2-1-3-18(19)15-7-10-24-11-8-15)20-14-29-23(26-20)17-5-6-21-16(13-17)9-12-28-21/h1-6,13-15,24H,7-12H2,(H,25,27). The van der Waals surface area contributed by atoms with Crippen LogP contribution in [-0.2, 0) is 6.42 Å². The quantitative estimate of drug-likeness (QED) is 0.673. The zero-order valence-electron chi connectivity index (χ0n) is 16.1. The number of rotatable bonds is 4. The summed E-state index contributed by atoms with van der Waals surface area (Å²) in [4.78, 5) is 17.5. The maximum Gasteiger partial charge on any atom is 0.275 e. The number of piperidine rings is 1. The van der Waals surface area contributed by atoms with E-state index in [0.717, 1.165) is 61.0 Å². The highest BCUT2D eigenvalue weighted by Crippen LogP contribution is 2.33. The molecule has 1 fully saturated rings. The molecule has 0 spiro atoms. The van der Waals surface area contributed by atoms with Crippen molar-refractivity contribution in [2.24, 2.45) is 0 Å². The van der Waals surface area contributed by atoms with Gasteiger partial charge in [-0.05, 0) is 67.2 Å². The smallest absolute Gasteiger partial charge is 0.275 e. The molecule has 0 unspecified atom stereocenters. The van der Waals surface area contributed by atoms with Crippen molar-refractivity contribution in [2.75, 3.05) is 25.0 Å². The molecule has 3 aromatic rings. The molecule has 3 heterocycles. The normalized spacial score (nSPS) is 16.3. The molecule has 1 aromatic heterocycles. The lowest BCUT2D eigenvalue weighted by atomic mass is 9.89. The van der Waals surface area contributed by atoms with Gasteiger partial charge >= 0.3 is 0 Å². The fraction of sp³-hybridized carbons (Fsp3) is 0.304. The van der Waals surface area contributed by atoms with E-state index < -0.39 is 0 Å². The summed E-state index contributed by atoms with van der Waals surface area (Å²) in [5, 5.41) is 9.19. The van der Waals surface area contributed by atoms with E-state index in [9.17, 15) is 4.79 Å². The van der Waals surface area contributed by atoms with Crippen LogP contribution in [0.2, 0.25) is 0 Å². The highest BCUT2D eigenvalue weighted by molar-refractivity contribution is 7.13. The zero-order chi connectivity index (χ0) is 19.6. The number of benzene rings is 2. The number of anilines is 1. The van der Waals surface area contributed by atoms with E-state index in [4.69, 9.17) is 4.74 Å². The molecule has 0 saturated carbocycles. The number of hydrogen-bond acceptors (Lipinski definition) is 5. The van der Waals surface area contributed by atoms with Gasteiger partial charge in [0, 0.05) is 23.1 Å². The molecule has 5 nitrogen and oxygen atoms in total. The predicted molar refractivity (Wildman–Crippen MR) is 116 cm³/mol. The first-order chi connectivity index (χ1) is 14.3. The molecule has 0 atom stereocenters. The van der Waals surface area contributed by atoms with E-state index in [0.29, 0.717) is 11.6 Å². The van der Waals surface area contributed by atoms with Crippen molar-refractivity contribution in [3.05, 3.63) is 64.7 Å². The Bertz CT molecular complexity index is 1040. The molecule has 2 aromatic carbocycles. The Kier molecular flexibility index (Phi) is 5.04. The molecular weight excluding hydrogens is 382 g/mol. The Morgan fingerprint density at radius 3 is 2.93 bits per heavy atom. The summed E-state index contributed by atoms with van der Waals surface area (Å²) in [6.45, 7) is 2.78. The Balaban J connectivity index is 1.35. The molecule has 2 N–H and O–H groups in total. The number of nitrogens with one attached hydrogen (secondary N) is 2. The van der Waals surface area contributed by atoms with E-state index >= 15 is 0 Å². The van der Waals surface area contributed by atoms with Gasteiger partial charge in [0.1, 0.15) is 16.5 Å². The van der Waals surface area contributed by atoms with Crippen LogP contribution in [0.15, 0.2) is 47.8 Å². The van der Waals surface area contributed by atoms with Gasteiger partial charge in [-0.2, -0.15) is 0 Å². The van der Waals surface area contributed by atoms with E-state index in [-0.39, 0.29) is 5.91 Å². The van der Waals surface area contributed by atoms with Crippen LogP contribution in [0.5, 0.6) is 5.75 Å². The second kappa shape index (κ2) is 7.97. The number of fused-ring (bicyclic) bond motifs is 1. The SMILES string of the molecule is O=C(Nc1ccccc1C1CCNCC1)c1csc(-c2ccc3c(c2)CCO3)n1. The molecule has 1 saturated heterocycles. The number of amides is 1. The minimum absolute atomic E-state index is 0.154. The molecule has 29 heavy (non-hydrogen) atoms. The van der Waals surface area contributed by atoms with Gasteiger partial charge in [-0.25, -0.2) is 4.98 Å². The van der Waals surface area contributed by atoms with Crippen molar-refractivity contribution in [3.8, 4) is 16.3 Å². The summed E-state index contributed by atoms with van der Waals surface area (Å²) in [6.07, 6.45) is 3.11. The van der Waals surface area contributed by atoms with Gasteiger partial charge in [0.2, 0.25) is 0 Å². The number of thiazole rings is 1. The third-order valence-electron chi connectivity index (χ3n) is 5.66. The van der Waals surface area contributed by atoms with Crippen molar-refractivity contribution in [1.82, 2.24) is 10.3 Å². The third kappa shape index (κ3) is 3.78. The Hall–Kier alpha value is -2.70. The van der Waals surface area contributed by atoms with E-state index in [1.165, 1.54) is 22.5 Å². The largest absolute Gasteiger partial charge is 0.493 e. The van der Waals surface area contributed by atoms with Crippen LogP contribution in [0.1, 0.15) is 40.4 Å². The molecular formula is C23H23N3O2S. The highest BCUT2D eigenvalue weighted by atomic mass is 32.1. The summed E-state index contributed by atoms with van der Waals surface area (Å²) in [7, 11) is 0. The average molecular weight is 406 g/mol. The van der Waals surface area contributed by atoms with Crippen LogP contribution < -0.4 is 15.4 Å². The second-order valence-electron chi connectivity index (χ2n) is 7.52. The molecule has 0 bridgehead atoms. The predicted octanol–water partition coefficient (Wildman–Crippen LogP) is 4.46. The lowest BCUT2D eigenvalue weighted by molar-refractivity contribution is 0.102. The first-order valence-electron chi connectivity index (χ1n) is 10.1. The fourth-order valence-corrected chi connectivity index (χ4v) is 4.91. The number of ether oxygens (including phenoxy) is 1. The number of para-hydroxylation sites is 1. The molecule has 6 heteroatoms. The number of aromatic nitrogens is 1. The van der Waals surface area contributed by atoms with E-state index in [1.54, 1.807) is 0 Å². The first-order valence-corrected chi connectivity index (χ1v) is 11.0. The maximum absolute atomic E-state index is 12.9. The summed E-state index contributed by atoms with van der Waals surface area (Å²) in [5.41, 5.74) is 4.82. The van der Waals surface area contributed by atoms with Gasteiger partial charge in [0.05, 0.1) is 6.61 Å². The Morgan fingerprint density at radius 1 is 1.17 bits per heavy atom. The minimum atomic E-state index is -0.154. The maximum atomic E-state index is 12.9. The molecule has 5 rings (SSSR count). The molecule has 0 radical (unpaired) electrons. The topological polar surface area (TPSA) is 63.2 Å². The van der Waals surface area contributed by atoms with Gasteiger partial charge in [0.25, 0.3) is 5.91 Å². The minimum Gasteiger partial charge on any atom is -0.493 e. The monoisotopic (exact) mass is 405 g/mol. The number of hydrogen-bond donors (Lipinski definition) is 2. The van der Waals surface area contributed by atoms with Crippen molar-refractivity contribution >= 4 is 22.9 Å². The van der Waals surface area contributed by atoms with Crippen molar-refractivity contribution in [3.63, 3.8) is 0 Å². The Labute approximate surface area is 174 Å². The fourth-order valence-electron chi connectivity index (χ4n) is 4.12. The third-order valence-corrected chi connectivity index (χ3v) is 6.55. The van der Waals surface area contributed by atoms with Gasteiger partial charge in [-0.3, -0.25) is 4.79 Å². The van der Waals surface area contributed by atoms with Crippen LogP contribution in [0, 0.1) is 0 Å². The van der Waals surface area contributed by atoms with Gasteiger partial charge in [-0.1, -0.05) is 18.2 Å². The van der Waals surface area contributed by atoms with E-state index in [1.807, 2.05) is 35.7 Å². The van der Waals surface area contributed by atoms with Crippen LogP contribution in [0.4, 0.5) is 5.69 Å². The van der Waals surface area contributed by atoms with Crippen LogP contribution in [0.3, 0.4) is 0 Å². The Morgan fingerprint density at radius 2 is 2.03 bits per heavy atom. The van der Waals surface area contributed by atoms with E-state index in [2.05, 4.69) is 27.8 Å². The lowest BCUT2D eigenvalue weighted by Gasteiger charge is -2.25. The summed E-state index contributed by atoms with van der Waals surface area (Å²) < 4.78 is 5.58. The zero-order valence-corrected chi connectivity index (χ0v) is 16.9. The molecule has 2 aliphatic heterocycles. The number of carbonyl (C=O) groups is 1. The molecule has 1 amide bonds. The van der Waals surface area contributed by atoms with Crippen LogP contribution in [-0.4, -0.2) is 30.6 Å². The van der Waals surface area contributed by atoms with Crippen molar-refractivity contribution in [1.29, 1.82) is 0 Å². The molecule has 148 valence electrons. The highest BCUT2D eigenvalue weighted by Gasteiger charge is 2.20. The van der Waals surface area contributed by atoms with Gasteiger partial charge in [-0.15, -0.1) is 11.3 Å². The number of carbonyl (C=O) groups excluding carboxylic acids is 1.